The predicted octanol–water partition coefficient (Wildman–Crippen LogP) is 3.83. The molecule has 0 aliphatic rings. The van der Waals surface area contributed by atoms with Gasteiger partial charge in [-0.15, -0.1) is 0 Å². The Hall–Kier alpha value is -0.0400. The molecule has 1 unspecified atom stereocenters. The Morgan fingerprint density at radius 1 is 1.23 bits per heavy atom. The van der Waals surface area contributed by atoms with Gasteiger partial charge in [-0.05, 0) is 18.8 Å². The molecule has 0 rings (SSSR count). The van der Waals surface area contributed by atoms with Crippen molar-refractivity contribution in [3.63, 3.8) is 0 Å². The average molecular weight is 185 g/mol. The van der Waals surface area contributed by atoms with Crippen LogP contribution in [0.1, 0.15) is 52.4 Å². The van der Waals surface area contributed by atoms with Crippen LogP contribution in [0.2, 0.25) is 0 Å². The summed E-state index contributed by atoms with van der Waals surface area (Å²) in [7, 11) is 0. The van der Waals surface area contributed by atoms with E-state index < -0.39 is 0 Å². The van der Waals surface area contributed by atoms with Gasteiger partial charge in [-0.25, -0.2) is 0 Å². The second-order valence-electron chi connectivity index (χ2n) is 3.70. The van der Waals surface area contributed by atoms with E-state index in [1.807, 2.05) is 0 Å². The molecule has 0 aromatic heterocycles. The van der Waals surface area contributed by atoms with E-state index in [9.17, 15) is 0 Å². The van der Waals surface area contributed by atoms with E-state index in [0.29, 0.717) is 0 Å². The number of rotatable bonds is 9. The SMILES string of the molecule is [CH2]CCCOCC(CC)CCCC. The van der Waals surface area contributed by atoms with Crippen molar-refractivity contribution >= 4 is 0 Å². The molecule has 0 heterocycles. The zero-order chi connectivity index (χ0) is 9.94. The quantitative estimate of drug-likeness (QED) is 0.496. The second-order valence-corrected chi connectivity index (χ2v) is 3.70. The highest BCUT2D eigenvalue weighted by Gasteiger charge is 2.04. The summed E-state index contributed by atoms with van der Waals surface area (Å²) >= 11 is 0. The van der Waals surface area contributed by atoms with Gasteiger partial charge >= 0.3 is 0 Å². The van der Waals surface area contributed by atoms with Crippen LogP contribution in [0.4, 0.5) is 0 Å². The molecule has 1 heteroatoms. The minimum atomic E-state index is 0.782. The molecule has 1 radical (unpaired) electrons. The summed E-state index contributed by atoms with van der Waals surface area (Å²) in [5.41, 5.74) is 0. The normalized spacial score (nSPS) is 13.2. The van der Waals surface area contributed by atoms with Crippen molar-refractivity contribution in [2.45, 2.75) is 52.4 Å². The summed E-state index contributed by atoms with van der Waals surface area (Å²) in [6.07, 6.45) is 7.32. The predicted molar refractivity (Wildman–Crippen MR) is 58.7 cm³/mol. The number of hydrogen-bond donors (Lipinski definition) is 0. The lowest BCUT2D eigenvalue weighted by atomic mass is 10.0. The second kappa shape index (κ2) is 10.0. The molecule has 0 aromatic rings. The molecule has 0 saturated heterocycles. The molecule has 0 aliphatic heterocycles. The van der Waals surface area contributed by atoms with Gasteiger partial charge in [0.05, 0.1) is 0 Å². The van der Waals surface area contributed by atoms with E-state index in [1.165, 1.54) is 25.7 Å². The molecule has 1 nitrogen and oxygen atoms in total. The molecule has 0 amide bonds. The third kappa shape index (κ3) is 8.29. The van der Waals surface area contributed by atoms with Gasteiger partial charge < -0.3 is 4.74 Å². The highest BCUT2D eigenvalue weighted by atomic mass is 16.5. The smallest absolute Gasteiger partial charge is 0.0494 e. The first-order valence-corrected chi connectivity index (χ1v) is 5.72. The highest BCUT2D eigenvalue weighted by molar-refractivity contribution is 4.55. The Balaban J connectivity index is 3.25. The summed E-state index contributed by atoms with van der Waals surface area (Å²) in [6.45, 7) is 10.1. The van der Waals surface area contributed by atoms with Gasteiger partial charge in [0.25, 0.3) is 0 Å². The Kier molecular flexibility index (Phi) is 10.0. The number of ether oxygens (including phenoxy) is 1. The zero-order valence-electron chi connectivity index (χ0n) is 9.35. The van der Waals surface area contributed by atoms with Gasteiger partial charge in [0.1, 0.15) is 0 Å². The molecule has 79 valence electrons. The lowest BCUT2D eigenvalue weighted by Gasteiger charge is -2.14. The van der Waals surface area contributed by atoms with Crippen molar-refractivity contribution in [2.75, 3.05) is 13.2 Å². The van der Waals surface area contributed by atoms with E-state index in [4.69, 9.17) is 4.74 Å². The first-order valence-electron chi connectivity index (χ1n) is 5.72. The third-order valence-corrected chi connectivity index (χ3v) is 2.44. The van der Waals surface area contributed by atoms with Crippen molar-refractivity contribution in [3.05, 3.63) is 6.92 Å². The van der Waals surface area contributed by atoms with Gasteiger partial charge in [0.2, 0.25) is 0 Å². The molecule has 0 aromatic carbocycles. The van der Waals surface area contributed by atoms with E-state index in [0.717, 1.165) is 32.0 Å². The minimum absolute atomic E-state index is 0.782. The topological polar surface area (TPSA) is 9.23 Å². The molecular weight excluding hydrogens is 160 g/mol. The minimum Gasteiger partial charge on any atom is -0.381 e. The summed E-state index contributed by atoms with van der Waals surface area (Å²) < 4.78 is 5.58. The van der Waals surface area contributed by atoms with Crippen molar-refractivity contribution in [2.24, 2.45) is 5.92 Å². The average Bonchev–Trinajstić information content (AvgIpc) is 2.17. The first kappa shape index (κ1) is 13.0. The van der Waals surface area contributed by atoms with E-state index in [-0.39, 0.29) is 0 Å². The van der Waals surface area contributed by atoms with Crippen molar-refractivity contribution < 1.29 is 4.74 Å². The summed E-state index contributed by atoms with van der Waals surface area (Å²) in [5.74, 6) is 0.782. The lowest BCUT2D eigenvalue weighted by Crippen LogP contribution is -2.09. The first-order chi connectivity index (χ1) is 6.35. The highest BCUT2D eigenvalue weighted by Crippen LogP contribution is 2.12. The largest absolute Gasteiger partial charge is 0.381 e. The maximum atomic E-state index is 5.58. The van der Waals surface area contributed by atoms with Gasteiger partial charge in [-0.3, -0.25) is 0 Å². The third-order valence-electron chi connectivity index (χ3n) is 2.44. The van der Waals surface area contributed by atoms with Gasteiger partial charge in [0.15, 0.2) is 0 Å². The van der Waals surface area contributed by atoms with Crippen LogP contribution >= 0.6 is 0 Å². The molecule has 0 aliphatic carbocycles. The van der Waals surface area contributed by atoms with Crippen LogP contribution in [0.15, 0.2) is 0 Å². The fourth-order valence-electron chi connectivity index (χ4n) is 1.35. The Labute approximate surface area is 83.9 Å². The summed E-state index contributed by atoms with van der Waals surface area (Å²) in [5, 5.41) is 0. The van der Waals surface area contributed by atoms with Crippen LogP contribution in [0.5, 0.6) is 0 Å². The van der Waals surface area contributed by atoms with Crippen molar-refractivity contribution in [1.82, 2.24) is 0 Å². The standard InChI is InChI=1S/C12H25O/c1-4-7-9-12(6-3)11-13-10-8-5-2/h12H,2,4-11H2,1,3H3. The molecular formula is C12H25O. The Morgan fingerprint density at radius 3 is 2.54 bits per heavy atom. The fraction of sp³-hybridized carbons (Fsp3) is 0.917. The molecule has 0 bridgehead atoms. The summed E-state index contributed by atoms with van der Waals surface area (Å²) in [4.78, 5) is 0. The van der Waals surface area contributed by atoms with Crippen LogP contribution < -0.4 is 0 Å². The molecule has 0 fully saturated rings. The van der Waals surface area contributed by atoms with E-state index >= 15 is 0 Å². The Morgan fingerprint density at radius 2 is 2.00 bits per heavy atom. The number of unbranched alkanes of at least 4 members (excludes halogenated alkanes) is 2. The van der Waals surface area contributed by atoms with Gasteiger partial charge in [-0.1, -0.05) is 46.5 Å². The van der Waals surface area contributed by atoms with Gasteiger partial charge in [-0.2, -0.15) is 0 Å². The van der Waals surface area contributed by atoms with Crippen LogP contribution in [0, 0.1) is 12.8 Å². The van der Waals surface area contributed by atoms with Crippen LogP contribution in [-0.2, 0) is 4.74 Å². The van der Waals surface area contributed by atoms with E-state index in [2.05, 4.69) is 20.8 Å². The van der Waals surface area contributed by atoms with Crippen LogP contribution in [-0.4, -0.2) is 13.2 Å². The van der Waals surface area contributed by atoms with Crippen molar-refractivity contribution in [3.8, 4) is 0 Å². The lowest BCUT2D eigenvalue weighted by molar-refractivity contribution is 0.0925. The fourth-order valence-corrected chi connectivity index (χ4v) is 1.35. The number of hydrogen-bond acceptors (Lipinski definition) is 1. The van der Waals surface area contributed by atoms with Crippen LogP contribution in [0.3, 0.4) is 0 Å². The molecule has 0 N–H and O–H groups in total. The molecule has 13 heavy (non-hydrogen) atoms. The van der Waals surface area contributed by atoms with Crippen molar-refractivity contribution in [1.29, 1.82) is 0 Å². The molecule has 0 spiro atoms. The summed E-state index contributed by atoms with van der Waals surface area (Å²) in [6, 6.07) is 0. The monoisotopic (exact) mass is 185 g/mol. The maximum Gasteiger partial charge on any atom is 0.0494 e. The maximum absolute atomic E-state index is 5.58. The van der Waals surface area contributed by atoms with Gasteiger partial charge in [0, 0.05) is 13.2 Å². The van der Waals surface area contributed by atoms with E-state index in [1.54, 1.807) is 0 Å². The Bertz CT molecular complexity index is 91.1. The zero-order valence-corrected chi connectivity index (χ0v) is 9.35. The molecule has 1 atom stereocenters. The van der Waals surface area contributed by atoms with Crippen LogP contribution in [0.25, 0.3) is 0 Å². The molecule has 0 saturated carbocycles.